The Morgan fingerprint density at radius 3 is 2.21 bits per heavy atom. The Kier molecular flexibility index (Phi) is 3.57. The van der Waals surface area contributed by atoms with Crippen molar-refractivity contribution >= 4 is 0 Å². The van der Waals surface area contributed by atoms with E-state index in [1.807, 2.05) is 0 Å². The molecule has 2 aromatic rings. The highest BCUT2D eigenvalue weighted by molar-refractivity contribution is 5.69. The molecule has 0 fully saturated rings. The third-order valence-corrected chi connectivity index (χ3v) is 2.74. The summed E-state index contributed by atoms with van der Waals surface area (Å²) in [7, 11) is 0. The molecule has 1 nitrogen and oxygen atoms in total. The first-order valence-corrected chi connectivity index (χ1v) is 5.49. The van der Waals surface area contributed by atoms with Crippen LogP contribution >= 0.6 is 0 Å². The second-order valence-corrected chi connectivity index (χ2v) is 4.02. The molecule has 19 heavy (non-hydrogen) atoms. The van der Waals surface area contributed by atoms with E-state index in [0.717, 1.165) is 12.1 Å². The van der Waals surface area contributed by atoms with E-state index in [-0.39, 0.29) is 17.7 Å². The molecule has 0 saturated carbocycles. The minimum absolute atomic E-state index is 0.134. The van der Waals surface area contributed by atoms with Crippen molar-refractivity contribution in [3.63, 3.8) is 0 Å². The van der Waals surface area contributed by atoms with Crippen LogP contribution in [0.4, 0.5) is 17.6 Å². The lowest BCUT2D eigenvalue weighted by Crippen LogP contribution is -2.07. The van der Waals surface area contributed by atoms with E-state index in [2.05, 4.69) is 0 Å². The summed E-state index contributed by atoms with van der Waals surface area (Å²) in [5.41, 5.74) is -0.918. The van der Waals surface area contributed by atoms with Gasteiger partial charge >= 0.3 is 6.18 Å². The number of aliphatic hydroxyl groups is 1. The van der Waals surface area contributed by atoms with Crippen molar-refractivity contribution in [1.82, 2.24) is 0 Å². The van der Waals surface area contributed by atoms with Crippen LogP contribution < -0.4 is 0 Å². The molecule has 2 rings (SSSR count). The average molecular weight is 270 g/mol. The molecule has 100 valence electrons. The molecule has 0 saturated heterocycles. The number of rotatable bonds is 2. The smallest absolute Gasteiger partial charge is 0.392 e. The van der Waals surface area contributed by atoms with Gasteiger partial charge in [-0.3, -0.25) is 0 Å². The molecule has 0 radical (unpaired) electrons. The largest absolute Gasteiger partial charge is 0.417 e. The van der Waals surface area contributed by atoms with Crippen molar-refractivity contribution in [2.24, 2.45) is 0 Å². The van der Waals surface area contributed by atoms with Crippen LogP contribution in [0, 0.1) is 5.82 Å². The van der Waals surface area contributed by atoms with Crippen molar-refractivity contribution < 1.29 is 22.7 Å². The molecule has 0 atom stereocenters. The average Bonchev–Trinajstić information content (AvgIpc) is 2.37. The molecule has 5 heteroatoms. The zero-order chi connectivity index (χ0) is 14.0. The number of hydrogen-bond acceptors (Lipinski definition) is 1. The van der Waals surface area contributed by atoms with Crippen LogP contribution in [0.5, 0.6) is 0 Å². The van der Waals surface area contributed by atoms with E-state index >= 15 is 0 Å². The van der Waals surface area contributed by atoms with Gasteiger partial charge in [0.2, 0.25) is 0 Å². The predicted octanol–water partition coefficient (Wildman–Crippen LogP) is 4.00. The highest BCUT2D eigenvalue weighted by atomic mass is 19.4. The van der Waals surface area contributed by atoms with Gasteiger partial charge in [0.15, 0.2) is 0 Å². The van der Waals surface area contributed by atoms with Gasteiger partial charge in [0.1, 0.15) is 5.82 Å². The maximum atomic E-state index is 13.8. The fraction of sp³-hybridized carbons (Fsp3) is 0.143. The van der Waals surface area contributed by atoms with E-state index in [9.17, 15) is 17.6 Å². The standard InChI is InChI=1S/C14H10F4O/c15-13-7-9(8-19)5-6-11(13)10-3-1-2-4-12(10)14(16,17)18/h1-7,19H,8H2. The SMILES string of the molecule is OCc1ccc(-c2ccccc2C(F)(F)F)c(F)c1. The number of benzene rings is 2. The van der Waals surface area contributed by atoms with Gasteiger partial charge in [-0.05, 0) is 23.3 Å². The molecule has 0 unspecified atom stereocenters. The van der Waals surface area contributed by atoms with Gasteiger partial charge in [-0.1, -0.05) is 30.3 Å². The van der Waals surface area contributed by atoms with E-state index in [1.54, 1.807) is 0 Å². The second-order valence-electron chi connectivity index (χ2n) is 4.02. The molecular formula is C14H10F4O. The minimum Gasteiger partial charge on any atom is -0.392 e. The van der Waals surface area contributed by atoms with Crippen LogP contribution in [-0.2, 0) is 12.8 Å². The Labute approximate surface area is 107 Å². The van der Waals surface area contributed by atoms with E-state index in [0.29, 0.717) is 5.56 Å². The van der Waals surface area contributed by atoms with Crippen molar-refractivity contribution in [3.8, 4) is 11.1 Å². The van der Waals surface area contributed by atoms with Gasteiger partial charge in [0, 0.05) is 5.56 Å². The molecule has 0 bridgehead atoms. The highest BCUT2D eigenvalue weighted by Gasteiger charge is 2.33. The summed E-state index contributed by atoms with van der Waals surface area (Å²) in [5.74, 6) is -0.789. The summed E-state index contributed by atoms with van der Waals surface area (Å²) in [6, 6.07) is 8.48. The number of halogens is 4. The summed E-state index contributed by atoms with van der Waals surface area (Å²) in [6.07, 6.45) is -4.54. The molecule has 2 aromatic carbocycles. The Bertz CT molecular complexity index is 590. The van der Waals surface area contributed by atoms with Crippen LogP contribution in [0.25, 0.3) is 11.1 Å². The zero-order valence-corrected chi connectivity index (χ0v) is 9.71. The zero-order valence-electron chi connectivity index (χ0n) is 9.71. The Morgan fingerprint density at radius 1 is 0.947 bits per heavy atom. The minimum atomic E-state index is -4.54. The first-order valence-electron chi connectivity index (χ1n) is 5.49. The third kappa shape index (κ3) is 2.76. The summed E-state index contributed by atoms with van der Waals surface area (Å²) >= 11 is 0. The summed E-state index contributed by atoms with van der Waals surface area (Å²) < 4.78 is 52.4. The van der Waals surface area contributed by atoms with Gasteiger partial charge in [-0.25, -0.2) is 4.39 Å². The topological polar surface area (TPSA) is 20.2 Å². The summed E-state index contributed by atoms with van der Waals surface area (Å²) in [4.78, 5) is 0. The van der Waals surface area contributed by atoms with Crippen LogP contribution in [0.1, 0.15) is 11.1 Å². The fourth-order valence-electron chi connectivity index (χ4n) is 1.84. The van der Waals surface area contributed by atoms with E-state index < -0.39 is 17.6 Å². The lowest BCUT2D eigenvalue weighted by molar-refractivity contribution is -0.137. The fourth-order valence-corrected chi connectivity index (χ4v) is 1.84. The van der Waals surface area contributed by atoms with Gasteiger partial charge in [-0.2, -0.15) is 13.2 Å². The molecule has 0 aromatic heterocycles. The lowest BCUT2D eigenvalue weighted by atomic mass is 9.98. The van der Waals surface area contributed by atoms with Crippen LogP contribution in [-0.4, -0.2) is 5.11 Å². The van der Waals surface area contributed by atoms with Gasteiger partial charge in [0.05, 0.1) is 12.2 Å². The van der Waals surface area contributed by atoms with E-state index in [1.165, 1.54) is 30.3 Å². The highest BCUT2D eigenvalue weighted by Crippen LogP contribution is 2.37. The Morgan fingerprint density at radius 2 is 1.63 bits per heavy atom. The monoisotopic (exact) mass is 270 g/mol. The third-order valence-electron chi connectivity index (χ3n) is 2.74. The molecule has 0 aliphatic heterocycles. The summed E-state index contributed by atoms with van der Waals surface area (Å²) in [5, 5.41) is 8.86. The number of alkyl halides is 3. The maximum Gasteiger partial charge on any atom is 0.417 e. The van der Waals surface area contributed by atoms with Crippen molar-refractivity contribution in [2.45, 2.75) is 12.8 Å². The number of hydrogen-bond donors (Lipinski definition) is 1. The molecule has 1 N–H and O–H groups in total. The first kappa shape index (κ1) is 13.5. The predicted molar refractivity (Wildman–Crippen MR) is 62.8 cm³/mol. The quantitative estimate of drug-likeness (QED) is 0.818. The van der Waals surface area contributed by atoms with Crippen molar-refractivity contribution in [3.05, 3.63) is 59.4 Å². The second kappa shape index (κ2) is 5.01. The Hall–Kier alpha value is -1.88. The van der Waals surface area contributed by atoms with Crippen molar-refractivity contribution in [2.75, 3.05) is 0 Å². The Balaban J connectivity index is 2.60. The van der Waals surface area contributed by atoms with Gasteiger partial charge < -0.3 is 5.11 Å². The summed E-state index contributed by atoms with van der Waals surface area (Å²) in [6.45, 7) is -0.363. The van der Waals surface area contributed by atoms with Crippen molar-refractivity contribution in [1.29, 1.82) is 0 Å². The first-order chi connectivity index (χ1) is 8.93. The van der Waals surface area contributed by atoms with Crippen LogP contribution in [0.15, 0.2) is 42.5 Å². The van der Waals surface area contributed by atoms with Crippen LogP contribution in [0.3, 0.4) is 0 Å². The van der Waals surface area contributed by atoms with Crippen LogP contribution in [0.2, 0.25) is 0 Å². The molecule has 0 amide bonds. The molecular weight excluding hydrogens is 260 g/mol. The maximum absolute atomic E-state index is 13.8. The lowest BCUT2D eigenvalue weighted by Gasteiger charge is -2.13. The van der Waals surface area contributed by atoms with E-state index in [4.69, 9.17) is 5.11 Å². The molecule has 0 aliphatic rings. The molecule has 0 heterocycles. The van der Waals surface area contributed by atoms with Gasteiger partial charge in [0.25, 0.3) is 0 Å². The molecule has 0 aliphatic carbocycles. The normalized spacial score (nSPS) is 11.6. The van der Waals surface area contributed by atoms with Gasteiger partial charge in [-0.15, -0.1) is 0 Å². The molecule has 0 spiro atoms. The number of aliphatic hydroxyl groups excluding tert-OH is 1.